The molecule has 0 radical (unpaired) electrons. The topological polar surface area (TPSA) is 50.8 Å². The number of carbonyl (C=O) groups excluding carboxylic acids is 1. The predicted molar refractivity (Wildman–Crippen MR) is 76.8 cm³/mol. The van der Waals surface area contributed by atoms with Gasteiger partial charge in [0.15, 0.2) is 6.10 Å². The van der Waals surface area contributed by atoms with Crippen molar-refractivity contribution in [1.82, 2.24) is 10.4 Å². The van der Waals surface area contributed by atoms with Gasteiger partial charge in [0.25, 0.3) is 5.91 Å². The van der Waals surface area contributed by atoms with Crippen molar-refractivity contribution in [2.45, 2.75) is 20.0 Å². The van der Waals surface area contributed by atoms with Gasteiger partial charge in [0.1, 0.15) is 5.75 Å². The summed E-state index contributed by atoms with van der Waals surface area (Å²) in [5.74, 6) is 0.500. The van der Waals surface area contributed by atoms with Crippen LogP contribution in [0.3, 0.4) is 0 Å². The van der Waals surface area contributed by atoms with E-state index in [0.29, 0.717) is 37.1 Å². The zero-order valence-corrected chi connectivity index (χ0v) is 12.4. The molecule has 1 amide bonds. The van der Waals surface area contributed by atoms with Crippen molar-refractivity contribution in [3.63, 3.8) is 0 Å². The Balaban J connectivity index is 1.89. The van der Waals surface area contributed by atoms with Crippen LogP contribution in [0.1, 0.15) is 12.5 Å². The van der Waals surface area contributed by atoms with Crippen molar-refractivity contribution < 1.29 is 14.3 Å². The van der Waals surface area contributed by atoms with Gasteiger partial charge in [-0.25, -0.2) is 5.01 Å². The van der Waals surface area contributed by atoms with Crippen LogP contribution in [0.2, 0.25) is 5.02 Å². The van der Waals surface area contributed by atoms with Crippen LogP contribution in [-0.4, -0.2) is 43.3 Å². The van der Waals surface area contributed by atoms with Gasteiger partial charge >= 0.3 is 0 Å². The molecule has 1 unspecified atom stereocenters. The average Bonchev–Trinajstić information content (AvgIpc) is 2.43. The Kier molecular flexibility index (Phi) is 5.23. The van der Waals surface area contributed by atoms with E-state index in [2.05, 4.69) is 5.43 Å². The van der Waals surface area contributed by atoms with Crippen LogP contribution in [0, 0.1) is 6.92 Å². The number of rotatable bonds is 4. The molecule has 6 heteroatoms. The normalized spacial score (nSPS) is 17.6. The molecule has 1 aliphatic heterocycles. The molecule has 20 heavy (non-hydrogen) atoms. The summed E-state index contributed by atoms with van der Waals surface area (Å²) in [6, 6.07) is 5.33. The Hall–Kier alpha value is -1.30. The number of morpholine rings is 1. The van der Waals surface area contributed by atoms with Crippen LogP contribution in [0.25, 0.3) is 0 Å². The molecule has 1 aromatic carbocycles. The molecule has 0 saturated carbocycles. The molecule has 1 aliphatic rings. The number of carbonyl (C=O) groups is 1. The minimum Gasteiger partial charge on any atom is -0.481 e. The number of benzene rings is 1. The third kappa shape index (κ3) is 4.10. The van der Waals surface area contributed by atoms with Crippen LogP contribution in [-0.2, 0) is 9.53 Å². The monoisotopic (exact) mass is 298 g/mol. The zero-order chi connectivity index (χ0) is 14.5. The molecule has 0 spiro atoms. The fraction of sp³-hybridized carbons (Fsp3) is 0.500. The van der Waals surface area contributed by atoms with Gasteiger partial charge in [0.2, 0.25) is 0 Å². The first-order valence-corrected chi connectivity index (χ1v) is 7.00. The summed E-state index contributed by atoms with van der Waals surface area (Å²) < 4.78 is 10.9. The molecular formula is C14H19ClN2O3. The van der Waals surface area contributed by atoms with Gasteiger partial charge in [-0.1, -0.05) is 11.6 Å². The van der Waals surface area contributed by atoms with Crippen LogP contribution >= 0.6 is 11.6 Å². The van der Waals surface area contributed by atoms with Gasteiger partial charge < -0.3 is 9.47 Å². The summed E-state index contributed by atoms with van der Waals surface area (Å²) >= 11 is 5.89. The third-order valence-electron chi connectivity index (χ3n) is 3.09. The van der Waals surface area contributed by atoms with Crippen LogP contribution in [0.4, 0.5) is 0 Å². The maximum absolute atomic E-state index is 12.0. The molecule has 1 fully saturated rings. The van der Waals surface area contributed by atoms with Crippen molar-refractivity contribution in [3.8, 4) is 5.75 Å². The van der Waals surface area contributed by atoms with Gasteiger partial charge in [0.05, 0.1) is 13.2 Å². The molecule has 1 saturated heterocycles. The highest BCUT2D eigenvalue weighted by Gasteiger charge is 2.19. The lowest BCUT2D eigenvalue weighted by Crippen LogP contribution is -2.51. The van der Waals surface area contributed by atoms with E-state index in [1.165, 1.54) is 0 Å². The fourth-order valence-electron chi connectivity index (χ4n) is 1.91. The lowest BCUT2D eigenvalue weighted by atomic mass is 10.2. The molecule has 0 aliphatic carbocycles. The molecule has 1 N–H and O–H groups in total. The summed E-state index contributed by atoms with van der Waals surface area (Å²) in [6.07, 6.45) is -0.572. The van der Waals surface area contributed by atoms with Gasteiger partial charge in [-0.2, -0.15) is 0 Å². The Morgan fingerprint density at radius 2 is 2.15 bits per heavy atom. The Bertz CT molecular complexity index is 475. The SMILES string of the molecule is Cc1cc(Cl)ccc1OC(C)C(=O)NN1CCOCC1. The standard InChI is InChI=1S/C14H19ClN2O3/c1-10-9-12(15)3-4-13(10)20-11(2)14(18)16-17-5-7-19-8-6-17/h3-4,9,11H,5-8H2,1-2H3,(H,16,18). The third-order valence-corrected chi connectivity index (χ3v) is 3.32. The first-order valence-electron chi connectivity index (χ1n) is 6.62. The van der Waals surface area contributed by atoms with Gasteiger partial charge in [0, 0.05) is 18.1 Å². The number of ether oxygens (including phenoxy) is 2. The van der Waals surface area contributed by atoms with E-state index in [9.17, 15) is 4.79 Å². The van der Waals surface area contributed by atoms with E-state index < -0.39 is 6.10 Å². The van der Waals surface area contributed by atoms with Crippen molar-refractivity contribution in [2.75, 3.05) is 26.3 Å². The minimum absolute atomic E-state index is 0.166. The molecular weight excluding hydrogens is 280 g/mol. The number of aryl methyl sites for hydroxylation is 1. The Morgan fingerprint density at radius 1 is 1.45 bits per heavy atom. The molecule has 110 valence electrons. The number of nitrogens with zero attached hydrogens (tertiary/aromatic N) is 1. The second kappa shape index (κ2) is 6.92. The van der Waals surface area contributed by atoms with Gasteiger partial charge in [-0.15, -0.1) is 0 Å². The van der Waals surface area contributed by atoms with Gasteiger partial charge in [-0.3, -0.25) is 10.2 Å². The largest absolute Gasteiger partial charge is 0.481 e. The van der Waals surface area contributed by atoms with E-state index in [-0.39, 0.29) is 5.91 Å². The maximum atomic E-state index is 12.0. The molecule has 1 aromatic rings. The first kappa shape index (κ1) is 15.1. The summed E-state index contributed by atoms with van der Waals surface area (Å²) in [4.78, 5) is 12.0. The minimum atomic E-state index is -0.572. The molecule has 1 atom stereocenters. The van der Waals surface area contributed by atoms with E-state index in [1.54, 1.807) is 19.1 Å². The Labute approximate surface area is 123 Å². The van der Waals surface area contributed by atoms with Gasteiger partial charge in [-0.05, 0) is 37.6 Å². The molecule has 2 rings (SSSR count). The van der Waals surface area contributed by atoms with E-state index in [1.807, 2.05) is 18.0 Å². The number of amides is 1. The number of hydrogen-bond acceptors (Lipinski definition) is 4. The van der Waals surface area contributed by atoms with E-state index in [4.69, 9.17) is 21.1 Å². The molecule has 0 bridgehead atoms. The summed E-state index contributed by atoms with van der Waals surface area (Å²) in [7, 11) is 0. The number of nitrogens with one attached hydrogen (secondary N) is 1. The summed E-state index contributed by atoms with van der Waals surface area (Å²) in [6.45, 7) is 6.27. The van der Waals surface area contributed by atoms with Crippen molar-refractivity contribution in [1.29, 1.82) is 0 Å². The molecule has 5 nitrogen and oxygen atoms in total. The predicted octanol–water partition coefficient (Wildman–Crippen LogP) is 1.78. The lowest BCUT2D eigenvalue weighted by molar-refractivity contribution is -0.134. The van der Waals surface area contributed by atoms with Crippen LogP contribution in [0.15, 0.2) is 18.2 Å². The number of hydrogen-bond donors (Lipinski definition) is 1. The summed E-state index contributed by atoms with van der Waals surface area (Å²) in [5.41, 5.74) is 3.74. The molecule has 0 aromatic heterocycles. The van der Waals surface area contributed by atoms with Crippen molar-refractivity contribution in [2.24, 2.45) is 0 Å². The molecule has 1 heterocycles. The maximum Gasteiger partial charge on any atom is 0.275 e. The first-order chi connectivity index (χ1) is 9.56. The van der Waals surface area contributed by atoms with Crippen molar-refractivity contribution in [3.05, 3.63) is 28.8 Å². The number of halogens is 1. The van der Waals surface area contributed by atoms with Crippen LogP contribution in [0.5, 0.6) is 5.75 Å². The quantitative estimate of drug-likeness (QED) is 0.920. The summed E-state index contributed by atoms with van der Waals surface area (Å²) in [5, 5.41) is 2.50. The average molecular weight is 299 g/mol. The van der Waals surface area contributed by atoms with E-state index in [0.717, 1.165) is 5.56 Å². The van der Waals surface area contributed by atoms with Crippen LogP contribution < -0.4 is 10.2 Å². The second-order valence-electron chi connectivity index (χ2n) is 4.75. The lowest BCUT2D eigenvalue weighted by Gasteiger charge is -2.28. The zero-order valence-electron chi connectivity index (χ0n) is 11.7. The smallest absolute Gasteiger partial charge is 0.275 e. The fourth-order valence-corrected chi connectivity index (χ4v) is 2.14. The highest BCUT2D eigenvalue weighted by atomic mass is 35.5. The Morgan fingerprint density at radius 3 is 2.80 bits per heavy atom. The second-order valence-corrected chi connectivity index (χ2v) is 5.18. The highest BCUT2D eigenvalue weighted by molar-refractivity contribution is 6.30. The highest BCUT2D eigenvalue weighted by Crippen LogP contribution is 2.22. The van der Waals surface area contributed by atoms with Crippen molar-refractivity contribution >= 4 is 17.5 Å². The number of hydrazine groups is 1. The van der Waals surface area contributed by atoms with E-state index >= 15 is 0 Å².